The Morgan fingerprint density at radius 3 is 3.12 bits per heavy atom. The lowest BCUT2D eigenvalue weighted by Gasteiger charge is -2.17. The minimum Gasteiger partial charge on any atom is -0.354 e. The topological polar surface area (TPSA) is 73.9 Å². The molecule has 1 atom stereocenters. The van der Waals surface area contributed by atoms with Gasteiger partial charge < -0.3 is 10.2 Å². The van der Waals surface area contributed by atoms with Gasteiger partial charge in [-0.1, -0.05) is 6.07 Å². The van der Waals surface area contributed by atoms with Crippen LogP contribution in [0.4, 0.5) is 5.82 Å². The quantitative estimate of drug-likeness (QED) is 0.766. The molecule has 0 radical (unpaired) electrons. The Morgan fingerprint density at radius 1 is 1.38 bits per heavy atom. The van der Waals surface area contributed by atoms with Crippen molar-refractivity contribution in [1.29, 1.82) is 0 Å². The molecule has 0 unspecified atom stereocenters. The number of nitrogens with zero attached hydrogens (tertiary/aromatic N) is 3. The molecule has 0 bridgehead atoms. The van der Waals surface area contributed by atoms with Crippen LogP contribution in [0, 0.1) is 0 Å². The summed E-state index contributed by atoms with van der Waals surface area (Å²) >= 11 is 1.60. The molecule has 3 aromatic heterocycles. The Balaban J connectivity index is 1.44. The van der Waals surface area contributed by atoms with E-state index in [0.717, 1.165) is 36.6 Å². The number of H-pyrrole nitrogens is 1. The van der Waals surface area contributed by atoms with Crippen LogP contribution in [0.1, 0.15) is 16.8 Å². The van der Waals surface area contributed by atoms with E-state index in [-0.39, 0.29) is 11.9 Å². The number of aromatic amines is 1. The van der Waals surface area contributed by atoms with Gasteiger partial charge in [0.2, 0.25) is 0 Å². The summed E-state index contributed by atoms with van der Waals surface area (Å²) in [6, 6.07) is 7.98. The van der Waals surface area contributed by atoms with Gasteiger partial charge in [-0.25, -0.2) is 4.98 Å². The number of pyridine rings is 1. The first-order chi connectivity index (χ1) is 11.8. The molecule has 122 valence electrons. The minimum absolute atomic E-state index is 0.0854. The van der Waals surface area contributed by atoms with Crippen LogP contribution < -0.4 is 10.2 Å². The van der Waals surface area contributed by atoms with Crippen LogP contribution >= 0.6 is 11.3 Å². The van der Waals surface area contributed by atoms with E-state index in [1.54, 1.807) is 23.7 Å². The Bertz CT molecular complexity index is 815. The lowest BCUT2D eigenvalue weighted by atomic mass is 10.1. The number of hydrogen-bond acceptors (Lipinski definition) is 5. The summed E-state index contributed by atoms with van der Waals surface area (Å²) in [6.45, 7) is 1.67. The van der Waals surface area contributed by atoms with Gasteiger partial charge in [0.15, 0.2) is 0 Å². The third-order valence-electron chi connectivity index (χ3n) is 4.19. The molecule has 0 spiro atoms. The number of nitrogens with one attached hydrogen (secondary N) is 2. The molecule has 4 rings (SSSR count). The molecule has 24 heavy (non-hydrogen) atoms. The Hall–Kier alpha value is -2.67. The maximum absolute atomic E-state index is 12.6. The summed E-state index contributed by atoms with van der Waals surface area (Å²) in [6.07, 6.45) is 4.29. The van der Waals surface area contributed by atoms with Crippen molar-refractivity contribution in [2.24, 2.45) is 0 Å². The van der Waals surface area contributed by atoms with Gasteiger partial charge in [0.05, 0.1) is 17.5 Å². The minimum atomic E-state index is -0.0854. The van der Waals surface area contributed by atoms with Crippen molar-refractivity contribution in [3.05, 3.63) is 53.0 Å². The maximum atomic E-state index is 12.6. The van der Waals surface area contributed by atoms with Gasteiger partial charge in [0, 0.05) is 36.3 Å². The zero-order chi connectivity index (χ0) is 16.4. The lowest BCUT2D eigenvalue weighted by Crippen LogP contribution is -2.37. The van der Waals surface area contributed by atoms with Crippen LogP contribution in [-0.2, 0) is 0 Å². The second kappa shape index (κ2) is 6.45. The molecule has 0 saturated carbocycles. The van der Waals surface area contributed by atoms with Gasteiger partial charge in [-0.2, -0.15) is 16.4 Å². The van der Waals surface area contributed by atoms with Crippen molar-refractivity contribution in [2.75, 3.05) is 18.0 Å². The SMILES string of the molecule is O=C(N[C@H]1CCN(c2ccccn2)C1)c1cn[nH]c1-c1ccsc1. The van der Waals surface area contributed by atoms with Gasteiger partial charge >= 0.3 is 0 Å². The molecule has 2 N–H and O–H groups in total. The molecule has 1 aliphatic rings. The highest BCUT2D eigenvalue weighted by Gasteiger charge is 2.26. The molecule has 0 aliphatic carbocycles. The smallest absolute Gasteiger partial charge is 0.255 e. The van der Waals surface area contributed by atoms with Crippen LogP contribution in [0.3, 0.4) is 0 Å². The number of amides is 1. The summed E-state index contributed by atoms with van der Waals surface area (Å²) < 4.78 is 0. The van der Waals surface area contributed by atoms with Crippen molar-refractivity contribution in [3.8, 4) is 11.3 Å². The molecule has 6 nitrogen and oxygen atoms in total. The van der Waals surface area contributed by atoms with Crippen LogP contribution in [0.15, 0.2) is 47.4 Å². The van der Waals surface area contributed by atoms with Crippen molar-refractivity contribution >= 4 is 23.1 Å². The predicted octanol–water partition coefficient (Wildman–Crippen LogP) is 2.54. The third-order valence-corrected chi connectivity index (χ3v) is 4.87. The number of aromatic nitrogens is 3. The molecule has 1 saturated heterocycles. The Labute approximate surface area is 143 Å². The number of rotatable bonds is 4. The van der Waals surface area contributed by atoms with E-state index in [2.05, 4.69) is 25.4 Å². The first-order valence-electron chi connectivity index (χ1n) is 7.84. The highest BCUT2D eigenvalue weighted by Crippen LogP contribution is 2.24. The zero-order valence-electron chi connectivity index (χ0n) is 13.0. The van der Waals surface area contributed by atoms with Gasteiger partial charge in [-0.15, -0.1) is 0 Å². The molecular weight excluding hydrogens is 322 g/mol. The van der Waals surface area contributed by atoms with Gasteiger partial charge in [-0.05, 0) is 30.0 Å². The molecular formula is C17H17N5OS. The Kier molecular flexibility index (Phi) is 4.00. The predicted molar refractivity (Wildman–Crippen MR) is 94.2 cm³/mol. The number of carbonyl (C=O) groups excluding carboxylic acids is 1. The summed E-state index contributed by atoms with van der Waals surface area (Å²) in [5, 5.41) is 14.1. The maximum Gasteiger partial charge on any atom is 0.255 e. The van der Waals surface area contributed by atoms with E-state index < -0.39 is 0 Å². The van der Waals surface area contributed by atoms with Gasteiger partial charge in [0.1, 0.15) is 5.82 Å². The highest BCUT2D eigenvalue weighted by atomic mass is 32.1. The van der Waals surface area contributed by atoms with E-state index in [9.17, 15) is 4.79 Å². The molecule has 1 aliphatic heterocycles. The molecule has 3 aromatic rings. The van der Waals surface area contributed by atoms with Crippen LogP contribution in [0.25, 0.3) is 11.3 Å². The summed E-state index contributed by atoms with van der Waals surface area (Å²) in [4.78, 5) is 19.2. The fourth-order valence-corrected chi connectivity index (χ4v) is 3.62. The van der Waals surface area contributed by atoms with Crippen LogP contribution in [0.5, 0.6) is 0 Å². The normalized spacial score (nSPS) is 17.2. The first kappa shape index (κ1) is 14.9. The van der Waals surface area contributed by atoms with E-state index in [4.69, 9.17) is 0 Å². The molecule has 4 heterocycles. The molecule has 0 aromatic carbocycles. The fourth-order valence-electron chi connectivity index (χ4n) is 2.98. The number of anilines is 1. The van der Waals surface area contributed by atoms with Gasteiger partial charge in [0.25, 0.3) is 5.91 Å². The molecule has 1 fully saturated rings. The third kappa shape index (κ3) is 2.90. The van der Waals surface area contributed by atoms with E-state index in [1.807, 2.05) is 35.0 Å². The number of carbonyl (C=O) groups is 1. The fraction of sp³-hybridized carbons (Fsp3) is 0.235. The first-order valence-corrected chi connectivity index (χ1v) is 8.78. The number of thiophene rings is 1. The second-order valence-electron chi connectivity index (χ2n) is 5.76. The monoisotopic (exact) mass is 339 g/mol. The average molecular weight is 339 g/mol. The zero-order valence-corrected chi connectivity index (χ0v) is 13.8. The molecule has 7 heteroatoms. The second-order valence-corrected chi connectivity index (χ2v) is 6.54. The van der Waals surface area contributed by atoms with E-state index in [1.165, 1.54) is 0 Å². The largest absolute Gasteiger partial charge is 0.354 e. The van der Waals surface area contributed by atoms with E-state index in [0.29, 0.717) is 5.56 Å². The number of hydrogen-bond donors (Lipinski definition) is 2. The molecule has 1 amide bonds. The van der Waals surface area contributed by atoms with Crippen molar-refractivity contribution < 1.29 is 4.79 Å². The summed E-state index contributed by atoms with van der Waals surface area (Å²) in [5.74, 6) is 0.870. The summed E-state index contributed by atoms with van der Waals surface area (Å²) in [7, 11) is 0. The van der Waals surface area contributed by atoms with Crippen molar-refractivity contribution in [3.63, 3.8) is 0 Å². The van der Waals surface area contributed by atoms with E-state index >= 15 is 0 Å². The average Bonchev–Trinajstić information content (AvgIpc) is 3.36. The lowest BCUT2D eigenvalue weighted by molar-refractivity contribution is 0.0941. The van der Waals surface area contributed by atoms with Crippen LogP contribution in [-0.4, -0.2) is 40.2 Å². The van der Waals surface area contributed by atoms with Gasteiger partial charge in [-0.3, -0.25) is 9.89 Å². The standard InChI is InChI=1S/C17H17N5OS/c23-17(14-9-19-21-16(14)12-5-8-24-11-12)20-13-4-7-22(10-13)15-3-1-2-6-18-15/h1-3,5-6,8-9,11,13H,4,7,10H2,(H,19,21)(H,20,23)/t13-/m0/s1. The van der Waals surface area contributed by atoms with Crippen LogP contribution in [0.2, 0.25) is 0 Å². The van der Waals surface area contributed by atoms with Crippen molar-refractivity contribution in [2.45, 2.75) is 12.5 Å². The summed E-state index contributed by atoms with van der Waals surface area (Å²) in [5.41, 5.74) is 2.35. The highest BCUT2D eigenvalue weighted by molar-refractivity contribution is 7.08. The van der Waals surface area contributed by atoms with Crippen molar-refractivity contribution in [1.82, 2.24) is 20.5 Å². The Morgan fingerprint density at radius 2 is 2.33 bits per heavy atom.